The van der Waals surface area contributed by atoms with Crippen molar-refractivity contribution >= 4 is 75.3 Å². The number of nitrogens with zero attached hydrogens (tertiary/aromatic N) is 2. The lowest BCUT2D eigenvalue weighted by molar-refractivity contribution is 0.182. The van der Waals surface area contributed by atoms with Crippen LogP contribution in [0.15, 0.2) is 22.7 Å². The molecule has 1 aromatic carbocycles. The molecule has 1 aliphatic rings. The second-order valence-electron chi connectivity index (χ2n) is 5.16. The van der Waals surface area contributed by atoms with Crippen LogP contribution < -0.4 is 4.90 Å². The first kappa shape index (κ1) is 16.9. The van der Waals surface area contributed by atoms with Gasteiger partial charge in [-0.05, 0) is 31.0 Å². The van der Waals surface area contributed by atoms with Crippen LogP contribution in [0.1, 0.15) is 12.8 Å². The lowest BCUT2D eigenvalue weighted by Gasteiger charge is -2.36. The van der Waals surface area contributed by atoms with Gasteiger partial charge in [0.15, 0.2) is 5.13 Å². The zero-order chi connectivity index (χ0) is 15.9. The molecule has 1 fully saturated rings. The molecule has 1 aromatic heterocycles. The van der Waals surface area contributed by atoms with Crippen molar-refractivity contribution in [2.24, 2.45) is 0 Å². The summed E-state index contributed by atoms with van der Waals surface area (Å²) < 4.78 is 30.1. The first-order valence-electron chi connectivity index (χ1n) is 6.68. The van der Waals surface area contributed by atoms with Crippen molar-refractivity contribution in [1.82, 2.24) is 4.98 Å². The van der Waals surface area contributed by atoms with E-state index in [1.807, 2.05) is 18.2 Å². The molecule has 1 aliphatic heterocycles. The van der Waals surface area contributed by atoms with Gasteiger partial charge >= 0.3 is 0 Å². The summed E-state index contributed by atoms with van der Waals surface area (Å²) >= 11 is 7.34. The highest BCUT2D eigenvalue weighted by molar-refractivity contribution is 14.1. The highest BCUT2D eigenvalue weighted by atomic mass is 127. The van der Waals surface area contributed by atoms with E-state index in [4.69, 9.17) is 4.18 Å². The minimum absolute atomic E-state index is 0.0509. The maximum absolute atomic E-state index is 11.4. The van der Waals surface area contributed by atoms with E-state index in [1.54, 1.807) is 11.3 Å². The summed E-state index contributed by atoms with van der Waals surface area (Å²) in [6.45, 7) is 0.859. The van der Waals surface area contributed by atoms with Crippen molar-refractivity contribution in [3.63, 3.8) is 0 Å². The van der Waals surface area contributed by atoms with E-state index in [-0.39, 0.29) is 10.2 Å². The number of thiazole rings is 1. The van der Waals surface area contributed by atoms with E-state index < -0.39 is 10.1 Å². The monoisotopic (exact) mass is 516 g/mol. The summed E-state index contributed by atoms with van der Waals surface area (Å²) in [5.74, 6) is 0. The van der Waals surface area contributed by atoms with E-state index in [9.17, 15) is 8.42 Å². The Labute approximate surface area is 155 Å². The van der Waals surface area contributed by atoms with Gasteiger partial charge in [0, 0.05) is 11.0 Å². The number of alkyl halides is 1. The zero-order valence-corrected chi connectivity index (χ0v) is 17.1. The van der Waals surface area contributed by atoms with Gasteiger partial charge in [0.2, 0.25) is 0 Å². The maximum atomic E-state index is 11.4. The molecule has 0 saturated carbocycles. The Bertz CT molecular complexity index is 796. The molecule has 0 aliphatic carbocycles. The number of hydrogen-bond acceptors (Lipinski definition) is 6. The number of fused-ring (bicyclic) bond motifs is 1. The fourth-order valence-electron chi connectivity index (χ4n) is 2.45. The molecule has 3 rings (SSSR count). The van der Waals surface area contributed by atoms with E-state index in [2.05, 4.69) is 48.4 Å². The molecule has 22 heavy (non-hydrogen) atoms. The predicted octanol–water partition coefficient (Wildman–Crippen LogP) is 3.76. The second kappa shape index (κ2) is 6.50. The number of hydrogen-bond donors (Lipinski definition) is 0. The van der Waals surface area contributed by atoms with Crippen molar-refractivity contribution in [3.05, 3.63) is 22.7 Å². The van der Waals surface area contributed by atoms with Gasteiger partial charge in [-0.15, -0.1) is 0 Å². The number of halogens is 2. The Kier molecular flexibility index (Phi) is 4.98. The van der Waals surface area contributed by atoms with Gasteiger partial charge in [0.05, 0.1) is 16.5 Å². The van der Waals surface area contributed by atoms with Crippen molar-refractivity contribution in [2.75, 3.05) is 17.7 Å². The van der Waals surface area contributed by atoms with Crippen LogP contribution in [-0.4, -0.2) is 36.4 Å². The summed E-state index contributed by atoms with van der Waals surface area (Å²) in [6.07, 6.45) is 2.40. The average Bonchev–Trinajstić information content (AvgIpc) is 2.82. The van der Waals surface area contributed by atoms with Gasteiger partial charge in [-0.25, -0.2) is 4.98 Å². The van der Waals surface area contributed by atoms with Crippen LogP contribution in [0.5, 0.6) is 0 Å². The van der Waals surface area contributed by atoms with Crippen LogP contribution in [0.2, 0.25) is 0 Å². The zero-order valence-electron chi connectivity index (χ0n) is 11.7. The van der Waals surface area contributed by atoms with Gasteiger partial charge in [-0.3, -0.25) is 4.18 Å². The summed E-state index contributed by atoms with van der Waals surface area (Å²) in [5, 5.41) is 0.911. The van der Waals surface area contributed by atoms with E-state index in [0.29, 0.717) is 0 Å². The van der Waals surface area contributed by atoms with Crippen LogP contribution in [0.25, 0.3) is 10.2 Å². The Morgan fingerprint density at radius 2 is 2.27 bits per heavy atom. The minimum Gasteiger partial charge on any atom is -0.333 e. The molecule has 0 radical (unpaired) electrons. The third kappa shape index (κ3) is 3.74. The average molecular weight is 517 g/mol. The lowest BCUT2D eigenvalue weighted by atomic mass is 10.1. The fourth-order valence-corrected chi connectivity index (χ4v) is 6.12. The van der Waals surface area contributed by atoms with Crippen LogP contribution >= 0.6 is 49.9 Å². The van der Waals surface area contributed by atoms with Crippen LogP contribution in [0.3, 0.4) is 0 Å². The minimum atomic E-state index is -3.45. The Morgan fingerprint density at radius 3 is 3.00 bits per heavy atom. The Balaban J connectivity index is 1.88. The van der Waals surface area contributed by atoms with Crippen molar-refractivity contribution in [3.8, 4) is 0 Å². The molecule has 0 amide bonds. The second-order valence-corrected chi connectivity index (χ2v) is 9.96. The maximum Gasteiger partial charge on any atom is 0.264 e. The smallest absolute Gasteiger partial charge is 0.264 e. The molecule has 9 heteroatoms. The van der Waals surface area contributed by atoms with E-state index in [1.165, 1.54) is 0 Å². The van der Waals surface area contributed by atoms with E-state index >= 15 is 0 Å². The van der Waals surface area contributed by atoms with Gasteiger partial charge in [0.25, 0.3) is 10.1 Å². The molecule has 0 N–H and O–H groups in total. The van der Waals surface area contributed by atoms with Gasteiger partial charge in [0.1, 0.15) is 10.2 Å². The summed E-state index contributed by atoms with van der Waals surface area (Å²) in [6, 6.07) is 6.00. The van der Waals surface area contributed by atoms with Crippen LogP contribution in [-0.2, 0) is 14.3 Å². The third-order valence-electron chi connectivity index (χ3n) is 3.38. The van der Waals surface area contributed by atoms with Crippen molar-refractivity contribution < 1.29 is 12.6 Å². The molecule has 2 unspecified atom stereocenters. The Morgan fingerprint density at radius 1 is 1.50 bits per heavy atom. The highest BCUT2D eigenvalue weighted by Crippen LogP contribution is 2.36. The standard InChI is InChI=1S/C13H14BrIN2O3S2/c1-22(18,19)20-10-3-2-6-17(12(10)15)13-16-9-5-4-8(14)7-11(9)21-13/h4-5,7,10,12H,2-3,6H2,1H3. The number of piperidine rings is 1. The molecule has 1 saturated heterocycles. The number of benzene rings is 1. The number of aromatic nitrogens is 1. The summed E-state index contributed by atoms with van der Waals surface area (Å²) in [4.78, 5) is 6.81. The van der Waals surface area contributed by atoms with Gasteiger partial charge < -0.3 is 4.90 Å². The fraction of sp³-hybridized carbons (Fsp3) is 0.462. The first-order valence-corrected chi connectivity index (χ1v) is 11.4. The highest BCUT2D eigenvalue weighted by Gasteiger charge is 2.34. The lowest BCUT2D eigenvalue weighted by Crippen LogP contribution is -2.46. The molecule has 5 nitrogen and oxygen atoms in total. The largest absolute Gasteiger partial charge is 0.333 e. The molecule has 2 heterocycles. The number of anilines is 1. The van der Waals surface area contributed by atoms with Crippen LogP contribution in [0, 0.1) is 0 Å². The Hall–Kier alpha value is 0.0300. The predicted molar refractivity (Wildman–Crippen MR) is 101 cm³/mol. The molecule has 120 valence electrons. The molecule has 2 atom stereocenters. The topological polar surface area (TPSA) is 59.5 Å². The number of rotatable bonds is 3. The van der Waals surface area contributed by atoms with Crippen molar-refractivity contribution in [1.29, 1.82) is 0 Å². The molecule has 0 bridgehead atoms. The quantitative estimate of drug-likeness (QED) is 0.269. The van der Waals surface area contributed by atoms with E-state index in [0.717, 1.165) is 45.5 Å². The third-order valence-corrected chi connectivity index (χ3v) is 7.00. The normalized spacial score (nSPS) is 23.1. The molecular weight excluding hydrogens is 503 g/mol. The van der Waals surface area contributed by atoms with Gasteiger partial charge in [-0.2, -0.15) is 8.42 Å². The first-order chi connectivity index (χ1) is 10.3. The summed E-state index contributed by atoms with van der Waals surface area (Å²) in [5.41, 5.74) is 0.956. The summed E-state index contributed by atoms with van der Waals surface area (Å²) in [7, 11) is -3.45. The van der Waals surface area contributed by atoms with Crippen molar-refractivity contribution in [2.45, 2.75) is 23.0 Å². The SMILES string of the molecule is CS(=O)(=O)OC1CCCN(c2nc3ccc(Br)cc3s2)C1I. The molecule has 0 spiro atoms. The molecular formula is C13H14BrIN2O3S2. The molecule has 2 aromatic rings. The van der Waals surface area contributed by atoms with Crippen LogP contribution in [0.4, 0.5) is 5.13 Å². The van der Waals surface area contributed by atoms with Gasteiger partial charge in [-0.1, -0.05) is 49.9 Å².